The first-order valence-electron chi connectivity index (χ1n) is 10.9. The third kappa shape index (κ3) is 4.74. The number of nitrogens with zero attached hydrogens (tertiary/aromatic N) is 1. The molecule has 33 heavy (non-hydrogen) atoms. The van der Waals surface area contributed by atoms with Crippen molar-refractivity contribution < 1.29 is 33.1 Å². The second kappa shape index (κ2) is 9.43. The van der Waals surface area contributed by atoms with Crippen LogP contribution in [0.25, 0.3) is 11.0 Å². The summed E-state index contributed by atoms with van der Waals surface area (Å²) >= 11 is 0. The van der Waals surface area contributed by atoms with Crippen LogP contribution in [-0.4, -0.2) is 41.9 Å². The van der Waals surface area contributed by atoms with Gasteiger partial charge in [-0.05, 0) is 31.9 Å². The van der Waals surface area contributed by atoms with Crippen molar-refractivity contribution in [2.24, 2.45) is 11.8 Å². The lowest BCUT2D eigenvalue weighted by molar-refractivity contribution is -0.153. The molecule has 2 aliphatic rings. The Kier molecular flexibility index (Phi) is 6.43. The van der Waals surface area contributed by atoms with Gasteiger partial charge in [0.1, 0.15) is 18.7 Å². The van der Waals surface area contributed by atoms with Gasteiger partial charge in [0.2, 0.25) is 11.8 Å². The van der Waals surface area contributed by atoms with E-state index in [1.54, 1.807) is 19.1 Å². The number of hydrogen-bond acceptors (Lipinski definition) is 8. The molecule has 2 aromatic rings. The van der Waals surface area contributed by atoms with Crippen LogP contribution in [-0.2, 0) is 30.5 Å². The lowest BCUT2D eigenvalue weighted by atomic mass is 9.81. The minimum absolute atomic E-state index is 0.192. The van der Waals surface area contributed by atoms with Crippen molar-refractivity contribution in [3.63, 3.8) is 0 Å². The summed E-state index contributed by atoms with van der Waals surface area (Å²) in [5.41, 5.74) is 0.295. The maximum Gasteiger partial charge on any atom is 0.411 e. The van der Waals surface area contributed by atoms with Gasteiger partial charge in [0.15, 0.2) is 0 Å². The molecule has 3 amide bonds. The molecule has 1 saturated carbocycles. The molecule has 2 heterocycles. The molecule has 0 bridgehead atoms. The van der Waals surface area contributed by atoms with Gasteiger partial charge >= 0.3 is 17.7 Å². The molecule has 1 N–H and O–H groups in total. The van der Waals surface area contributed by atoms with Crippen LogP contribution >= 0.6 is 0 Å². The summed E-state index contributed by atoms with van der Waals surface area (Å²) in [7, 11) is 0. The molecule has 2 atom stereocenters. The zero-order chi connectivity index (χ0) is 23.5. The van der Waals surface area contributed by atoms with Gasteiger partial charge in [-0.3, -0.25) is 24.6 Å². The second-order valence-electron chi connectivity index (χ2n) is 8.07. The third-order valence-electron chi connectivity index (χ3n) is 5.96. The monoisotopic (exact) mass is 456 g/mol. The Bertz CT molecular complexity index is 1150. The number of benzene rings is 1. The molecular weight excluding hydrogens is 432 g/mol. The Balaban J connectivity index is 1.44. The highest BCUT2D eigenvalue weighted by molar-refractivity contribution is 6.07. The van der Waals surface area contributed by atoms with E-state index in [4.69, 9.17) is 13.9 Å². The van der Waals surface area contributed by atoms with Gasteiger partial charge < -0.3 is 13.9 Å². The van der Waals surface area contributed by atoms with Crippen molar-refractivity contribution in [2.75, 3.05) is 18.5 Å². The maximum atomic E-state index is 12.5. The van der Waals surface area contributed by atoms with Crippen LogP contribution in [0.1, 0.15) is 38.2 Å². The van der Waals surface area contributed by atoms with E-state index in [0.29, 0.717) is 29.5 Å². The summed E-state index contributed by atoms with van der Waals surface area (Å²) in [5.74, 6) is -2.03. The van der Waals surface area contributed by atoms with Crippen molar-refractivity contribution >= 4 is 40.5 Å². The van der Waals surface area contributed by atoms with E-state index in [1.807, 2.05) is 0 Å². The molecule has 174 valence electrons. The molecule has 10 nitrogen and oxygen atoms in total. The zero-order valence-corrected chi connectivity index (χ0v) is 18.1. The van der Waals surface area contributed by atoms with Gasteiger partial charge in [-0.1, -0.05) is 12.8 Å². The van der Waals surface area contributed by atoms with Crippen LogP contribution in [0.3, 0.4) is 0 Å². The van der Waals surface area contributed by atoms with Gasteiger partial charge in [-0.15, -0.1) is 0 Å². The minimum atomic E-state index is -0.739. The SMILES string of the molecule is CCOC(=O)Nc1ccc2c(COC(=O)CN3C(=O)C4CCCCC4C3=O)cc(=O)oc2c1. The summed E-state index contributed by atoms with van der Waals surface area (Å²) in [5, 5.41) is 3.03. The van der Waals surface area contributed by atoms with Crippen molar-refractivity contribution in [1.82, 2.24) is 4.90 Å². The number of carbonyl (C=O) groups excluding carboxylic acids is 4. The molecule has 10 heteroatoms. The highest BCUT2D eigenvalue weighted by Gasteiger charge is 2.48. The molecule has 1 aliphatic heterocycles. The lowest BCUT2D eigenvalue weighted by Crippen LogP contribution is -2.36. The molecule has 0 radical (unpaired) electrons. The first kappa shape index (κ1) is 22.5. The number of imide groups is 1. The predicted molar refractivity (Wildman–Crippen MR) is 115 cm³/mol. The van der Waals surface area contributed by atoms with Crippen molar-refractivity contribution in [2.45, 2.75) is 39.2 Å². The van der Waals surface area contributed by atoms with Gasteiger partial charge in [-0.25, -0.2) is 9.59 Å². The van der Waals surface area contributed by atoms with Gasteiger partial charge in [0.05, 0.1) is 18.4 Å². The van der Waals surface area contributed by atoms with Gasteiger partial charge in [0, 0.05) is 28.8 Å². The second-order valence-corrected chi connectivity index (χ2v) is 8.07. The van der Waals surface area contributed by atoms with E-state index < -0.39 is 24.2 Å². The minimum Gasteiger partial charge on any atom is -0.459 e. The molecule has 1 aliphatic carbocycles. The number of carbonyl (C=O) groups is 4. The number of esters is 1. The normalized spacial score (nSPS) is 20.0. The van der Waals surface area contributed by atoms with Crippen molar-refractivity contribution in [3.05, 3.63) is 40.2 Å². The van der Waals surface area contributed by atoms with E-state index in [2.05, 4.69) is 5.32 Å². The number of likely N-dealkylation sites (tertiary alicyclic amines) is 1. The van der Waals surface area contributed by atoms with Crippen LogP contribution in [0, 0.1) is 11.8 Å². The summed E-state index contributed by atoms with van der Waals surface area (Å²) in [6.45, 7) is 1.20. The number of anilines is 1. The molecular formula is C23H24N2O8. The topological polar surface area (TPSA) is 132 Å². The Morgan fingerprint density at radius 3 is 2.42 bits per heavy atom. The Morgan fingerprint density at radius 1 is 1.06 bits per heavy atom. The molecule has 0 spiro atoms. The number of hydrogen-bond donors (Lipinski definition) is 1. The fraction of sp³-hybridized carbons (Fsp3) is 0.435. The van der Waals surface area contributed by atoms with E-state index in [0.717, 1.165) is 17.7 Å². The zero-order valence-electron chi connectivity index (χ0n) is 18.1. The number of ether oxygens (including phenoxy) is 2. The molecule has 2 fully saturated rings. The van der Waals surface area contributed by atoms with E-state index in [-0.39, 0.29) is 42.4 Å². The quantitative estimate of drug-likeness (QED) is 0.398. The Hall–Kier alpha value is -3.69. The average molecular weight is 456 g/mol. The summed E-state index contributed by atoms with van der Waals surface area (Å²) in [6.07, 6.45) is 2.49. The smallest absolute Gasteiger partial charge is 0.411 e. The standard InChI is InChI=1S/C23H24N2O8/c1-2-31-23(30)24-14-7-8-15-13(9-19(26)33-18(15)10-14)12-32-20(27)11-25-21(28)16-5-3-4-6-17(16)22(25)29/h7-10,16-17H,2-6,11-12H2,1H3,(H,24,30). The largest absolute Gasteiger partial charge is 0.459 e. The Labute approximate surface area is 188 Å². The van der Waals surface area contributed by atoms with E-state index >= 15 is 0 Å². The Morgan fingerprint density at radius 2 is 1.76 bits per heavy atom. The number of nitrogens with one attached hydrogen (secondary N) is 1. The first-order chi connectivity index (χ1) is 15.9. The van der Waals surface area contributed by atoms with Crippen molar-refractivity contribution in [1.29, 1.82) is 0 Å². The predicted octanol–water partition coefficient (Wildman–Crippen LogP) is 2.58. The molecule has 1 saturated heterocycles. The fourth-order valence-electron chi connectivity index (χ4n) is 4.43. The van der Waals surface area contributed by atoms with Crippen LogP contribution in [0.5, 0.6) is 0 Å². The first-order valence-corrected chi connectivity index (χ1v) is 10.9. The average Bonchev–Trinajstić information content (AvgIpc) is 3.02. The summed E-state index contributed by atoms with van der Waals surface area (Å²) in [6, 6.07) is 5.87. The summed E-state index contributed by atoms with van der Waals surface area (Å²) < 4.78 is 15.3. The molecule has 1 aromatic carbocycles. The van der Waals surface area contributed by atoms with E-state index in [1.165, 1.54) is 12.1 Å². The molecule has 4 rings (SSSR count). The van der Waals surface area contributed by atoms with E-state index in [9.17, 15) is 24.0 Å². The van der Waals surface area contributed by atoms with Crippen LogP contribution in [0.4, 0.5) is 10.5 Å². The number of amides is 3. The highest BCUT2D eigenvalue weighted by atomic mass is 16.5. The molecule has 2 unspecified atom stereocenters. The van der Waals surface area contributed by atoms with Gasteiger partial charge in [-0.2, -0.15) is 0 Å². The lowest BCUT2D eigenvalue weighted by Gasteiger charge is -2.19. The number of fused-ring (bicyclic) bond motifs is 2. The summed E-state index contributed by atoms with van der Waals surface area (Å²) in [4.78, 5) is 62.0. The third-order valence-corrected chi connectivity index (χ3v) is 5.96. The van der Waals surface area contributed by atoms with Gasteiger partial charge in [0.25, 0.3) is 0 Å². The molecule has 1 aromatic heterocycles. The fourth-order valence-corrected chi connectivity index (χ4v) is 4.43. The maximum absolute atomic E-state index is 12.5. The van der Waals surface area contributed by atoms with Crippen LogP contribution in [0.2, 0.25) is 0 Å². The highest BCUT2D eigenvalue weighted by Crippen LogP contribution is 2.37. The van der Waals surface area contributed by atoms with Crippen LogP contribution in [0.15, 0.2) is 33.5 Å². The van der Waals surface area contributed by atoms with Crippen molar-refractivity contribution in [3.8, 4) is 0 Å². The number of rotatable bonds is 6. The van der Waals surface area contributed by atoms with Crippen LogP contribution < -0.4 is 10.9 Å².